The number of carbonyl (C=O) groups is 4. The number of carbonyl (C=O) groups excluding carboxylic acids is 4. The van der Waals surface area contributed by atoms with Crippen LogP contribution in [0.2, 0.25) is 0 Å². The van der Waals surface area contributed by atoms with Crippen LogP contribution in [0.1, 0.15) is 73.8 Å². The molecule has 334 valence electrons. The number of para-hydroxylation sites is 1. The van der Waals surface area contributed by atoms with E-state index in [4.69, 9.17) is 29.4 Å². The van der Waals surface area contributed by atoms with Gasteiger partial charge in [0.1, 0.15) is 18.1 Å². The number of ether oxygens (including phenoxy) is 5. The fraction of sp³-hybridized carbons (Fsp3) is 0.571. The molecule has 0 aliphatic carbocycles. The lowest BCUT2D eigenvalue weighted by Crippen LogP contribution is -2.43. The number of Topliss-reactive ketones (excluding diaryl/α,β-unsaturated/α-hetero) is 2. The van der Waals surface area contributed by atoms with Gasteiger partial charge in [-0.1, -0.05) is 23.8 Å². The molecule has 0 bridgehead atoms. The van der Waals surface area contributed by atoms with Crippen molar-refractivity contribution >= 4 is 35.3 Å². The molecule has 2 aliphatic rings. The molecule has 5 rings (SSSR count). The van der Waals surface area contributed by atoms with Gasteiger partial charge in [-0.25, -0.2) is 18.3 Å². The number of benzene rings is 2. The van der Waals surface area contributed by atoms with Crippen molar-refractivity contribution in [2.75, 3.05) is 65.2 Å². The normalized spacial score (nSPS) is 17.4. The van der Waals surface area contributed by atoms with Crippen LogP contribution in [0.3, 0.4) is 0 Å². The van der Waals surface area contributed by atoms with Gasteiger partial charge in [-0.2, -0.15) is 11.8 Å². The molecular weight excluding hydrogens is 817 g/mol. The van der Waals surface area contributed by atoms with Crippen LogP contribution in [0.25, 0.3) is 5.69 Å². The van der Waals surface area contributed by atoms with Gasteiger partial charge in [0.25, 0.3) is 5.91 Å². The van der Waals surface area contributed by atoms with Gasteiger partial charge in [0.05, 0.1) is 76.3 Å². The molecule has 61 heavy (non-hydrogen) atoms. The molecule has 2 saturated heterocycles. The van der Waals surface area contributed by atoms with Crippen LogP contribution in [0.4, 0.5) is 13.6 Å². The Kier molecular flexibility index (Phi) is 20.3. The highest BCUT2D eigenvalue weighted by molar-refractivity contribution is 8.00. The lowest BCUT2D eigenvalue weighted by molar-refractivity contribution is -0.123. The van der Waals surface area contributed by atoms with Gasteiger partial charge in [0, 0.05) is 36.0 Å². The first kappa shape index (κ1) is 47.5. The summed E-state index contributed by atoms with van der Waals surface area (Å²) < 4.78 is 57.1. The number of ketones is 2. The summed E-state index contributed by atoms with van der Waals surface area (Å²) in [6.07, 6.45) is 7.77. The monoisotopic (exact) mass is 873 g/mol. The van der Waals surface area contributed by atoms with E-state index < -0.39 is 41.7 Å². The molecule has 2 aromatic carbocycles. The highest BCUT2D eigenvalue weighted by atomic mass is 32.2. The molecule has 0 saturated carbocycles. The Morgan fingerprint density at radius 2 is 1.59 bits per heavy atom. The molecule has 0 unspecified atom stereocenters. The summed E-state index contributed by atoms with van der Waals surface area (Å²) in [6, 6.07) is 9.25. The molecule has 2 aliphatic heterocycles. The van der Waals surface area contributed by atoms with Crippen molar-refractivity contribution in [3.63, 3.8) is 0 Å². The SMILES string of the molecule is NCCCC[C@H](NC(=O)c1cccc(-n2cc(COCCOCCOCCOCCCC(=O)CCCC[C@@H]3SC[C@@H]4NC(=O)N[C@@H]43)nn2)c1)C(=O)COc1c(F)cccc1F. The zero-order valence-corrected chi connectivity index (χ0v) is 35.1. The minimum absolute atomic E-state index is 0.0690. The van der Waals surface area contributed by atoms with Crippen LogP contribution in [0.15, 0.2) is 48.7 Å². The number of nitrogens with two attached hydrogens (primary N) is 1. The topological polar surface area (TPSA) is 207 Å². The Morgan fingerprint density at radius 1 is 0.885 bits per heavy atom. The van der Waals surface area contributed by atoms with Crippen LogP contribution < -0.4 is 26.4 Å². The van der Waals surface area contributed by atoms with Gasteiger partial charge in [0.15, 0.2) is 23.2 Å². The van der Waals surface area contributed by atoms with Crippen LogP contribution >= 0.6 is 11.8 Å². The number of fused-ring (bicyclic) bond motifs is 1. The molecule has 5 N–H and O–H groups in total. The van der Waals surface area contributed by atoms with E-state index in [2.05, 4.69) is 26.3 Å². The fourth-order valence-corrected chi connectivity index (χ4v) is 8.38. The molecule has 1 aromatic heterocycles. The fourth-order valence-electron chi connectivity index (χ4n) is 6.84. The Bertz CT molecular complexity index is 1840. The van der Waals surface area contributed by atoms with E-state index in [1.807, 2.05) is 11.8 Å². The lowest BCUT2D eigenvalue weighted by Gasteiger charge is -2.18. The third-order valence-corrected chi connectivity index (χ3v) is 11.6. The van der Waals surface area contributed by atoms with E-state index in [1.54, 1.807) is 30.5 Å². The molecule has 3 heterocycles. The number of unbranched alkanes of at least 4 members (excludes halogenated alkanes) is 2. The predicted molar refractivity (Wildman–Crippen MR) is 223 cm³/mol. The Labute approximate surface area is 358 Å². The second-order valence-electron chi connectivity index (χ2n) is 14.7. The first-order valence-corrected chi connectivity index (χ1v) is 21.9. The second-order valence-corrected chi connectivity index (χ2v) is 16.0. The number of rotatable bonds is 31. The first-order chi connectivity index (χ1) is 29.7. The number of hydrogen-bond acceptors (Lipinski definition) is 13. The maximum atomic E-state index is 14.0. The van der Waals surface area contributed by atoms with Crippen molar-refractivity contribution in [2.45, 2.75) is 87.8 Å². The van der Waals surface area contributed by atoms with E-state index in [0.29, 0.717) is 102 Å². The average Bonchev–Trinajstić information content (AvgIpc) is 3.98. The highest BCUT2D eigenvalue weighted by Gasteiger charge is 2.42. The number of nitrogens with one attached hydrogen (secondary N) is 3. The van der Waals surface area contributed by atoms with Crippen LogP contribution in [0.5, 0.6) is 5.75 Å². The minimum atomic E-state index is -0.968. The third-order valence-electron chi connectivity index (χ3n) is 10.1. The van der Waals surface area contributed by atoms with Gasteiger partial charge >= 0.3 is 6.03 Å². The van der Waals surface area contributed by atoms with Gasteiger partial charge in [-0.15, -0.1) is 5.10 Å². The Balaban J connectivity index is 0.878. The standard InChI is InChI=1S/C42H57F2N7O9S/c43-33-12-6-13-34(44)40(33)60-27-37(53)35(14-3-4-16-45)46-41(54)29-8-5-9-31(24-29)51-25-30(49-50-51)26-59-23-22-58-21-20-57-19-18-56-17-7-11-32(52)10-1-2-15-38-39-36(28-61-38)47-42(55)48-39/h5-6,8-9,12-13,24-25,35-36,38-39H,1-4,7,10-11,14-23,26-28,45H2,(H,46,54)(H2,47,48,55)/t35-,36-,38-,39-/m0/s1. The quantitative estimate of drug-likeness (QED) is 0.0532. The van der Waals surface area contributed by atoms with Crippen molar-refractivity contribution in [3.8, 4) is 11.4 Å². The summed E-state index contributed by atoms with van der Waals surface area (Å²) in [7, 11) is 0. The lowest BCUT2D eigenvalue weighted by atomic mass is 10.0. The van der Waals surface area contributed by atoms with Gasteiger partial charge in [-0.3, -0.25) is 14.4 Å². The molecule has 2 fully saturated rings. The molecule has 0 radical (unpaired) electrons. The number of hydrogen-bond donors (Lipinski definition) is 4. The first-order valence-electron chi connectivity index (χ1n) is 20.8. The molecule has 3 aromatic rings. The number of nitrogens with zero attached hydrogens (tertiary/aromatic N) is 3. The highest BCUT2D eigenvalue weighted by Crippen LogP contribution is 2.33. The second kappa shape index (κ2) is 26.1. The van der Waals surface area contributed by atoms with E-state index >= 15 is 0 Å². The number of thioether (sulfide) groups is 1. The molecule has 0 spiro atoms. The number of halogens is 2. The van der Waals surface area contributed by atoms with Crippen LogP contribution in [-0.2, 0) is 35.1 Å². The Morgan fingerprint density at radius 3 is 2.34 bits per heavy atom. The summed E-state index contributed by atoms with van der Waals surface area (Å²) >= 11 is 1.90. The van der Waals surface area contributed by atoms with E-state index in [0.717, 1.165) is 37.1 Å². The van der Waals surface area contributed by atoms with Crippen molar-refractivity contribution < 1.29 is 51.6 Å². The maximum Gasteiger partial charge on any atom is 0.315 e. The van der Waals surface area contributed by atoms with Crippen molar-refractivity contribution in [1.29, 1.82) is 0 Å². The van der Waals surface area contributed by atoms with Crippen LogP contribution in [0, 0.1) is 11.6 Å². The minimum Gasteiger partial charge on any atom is -0.480 e. The summed E-state index contributed by atoms with van der Waals surface area (Å²) in [6.45, 7) is 2.84. The van der Waals surface area contributed by atoms with Gasteiger partial charge in [-0.05, 0) is 75.4 Å². The smallest absolute Gasteiger partial charge is 0.315 e. The predicted octanol–water partition coefficient (Wildman–Crippen LogP) is 4.06. The zero-order chi connectivity index (χ0) is 43.2. The number of aromatic nitrogens is 3. The molecule has 4 atom stereocenters. The van der Waals surface area contributed by atoms with Crippen molar-refractivity contribution in [2.24, 2.45) is 5.73 Å². The zero-order valence-electron chi connectivity index (χ0n) is 34.3. The molecule has 16 nitrogen and oxygen atoms in total. The van der Waals surface area contributed by atoms with Crippen molar-refractivity contribution in [3.05, 3.63) is 71.6 Å². The molecule has 19 heteroatoms. The summed E-state index contributed by atoms with van der Waals surface area (Å²) in [5.74, 6) is -2.38. The Hall–Kier alpha value is -4.53. The summed E-state index contributed by atoms with van der Waals surface area (Å²) in [5, 5.41) is 17.4. The molecular formula is C42H57F2N7O9S. The van der Waals surface area contributed by atoms with E-state index in [9.17, 15) is 28.0 Å². The molecule has 3 amide bonds. The summed E-state index contributed by atoms with van der Waals surface area (Å²) in [5.41, 5.74) is 6.98. The average molecular weight is 874 g/mol. The van der Waals surface area contributed by atoms with Gasteiger partial charge < -0.3 is 45.4 Å². The van der Waals surface area contributed by atoms with Crippen molar-refractivity contribution in [1.82, 2.24) is 30.9 Å². The van der Waals surface area contributed by atoms with Gasteiger partial charge in [0.2, 0.25) is 0 Å². The van der Waals surface area contributed by atoms with E-state index in [-0.39, 0.29) is 42.5 Å². The maximum absolute atomic E-state index is 14.0. The number of amides is 3. The number of urea groups is 1. The largest absolute Gasteiger partial charge is 0.480 e. The summed E-state index contributed by atoms with van der Waals surface area (Å²) in [4.78, 5) is 50.0. The van der Waals surface area contributed by atoms with Crippen LogP contribution in [-0.4, -0.2) is 127 Å². The van der Waals surface area contributed by atoms with E-state index in [1.165, 1.54) is 10.7 Å². The third kappa shape index (κ3) is 16.0.